The van der Waals surface area contributed by atoms with Crippen LogP contribution in [-0.2, 0) is 6.54 Å². The van der Waals surface area contributed by atoms with Crippen molar-refractivity contribution in [2.45, 2.75) is 58.7 Å². The first kappa shape index (κ1) is 11.6. The molecule has 2 unspecified atom stereocenters. The van der Waals surface area contributed by atoms with E-state index in [9.17, 15) is 0 Å². The maximum absolute atomic E-state index is 4.35. The number of aromatic nitrogens is 2. The standard InChI is InChI=1S/C13H23N3/c1-4-13(15-10(3)11-6-7-11)12-8-14-16(5-2)9-12/h8-11,13,15H,4-7H2,1-3H3. The van der Waals surface area contributed by atoms with E-state index in [0.717, 1.165) is 18.9 Å². The van der Waals surface area contributed by atoms with Gasteiger partial charge in [0, 0.05) is 30.4 Å². The Labute approximate surface area is 98.2 Å². The van der Waals surface area contributed by atoms with Crippen LogP contribution in [0.3, 0.4) is 0 Å². The van der Waals surface area contributed by atoms with Crippen molar-refractivity contribution in [1.82, 2.24) is 15.1 Å². The maximum Gasteiger partial charge on any atom is 0.0537 e. The highest BCUT2D eigenvalue weighted by Crippen LogP contribution is 2.33. The number of rotatable bonds is 6. The normalized spacial score (nSPS) is 19.7. The molecule has 0 amide bonds. The lowest BCUT2D eigenvalue weighted by Crippen LogP contribution is -2.31. The van der Waals surface area contributed by atoms with Crippen LogP contribution in [0.1, 0.15) is 51.6 Å². The Morgan fingerprint density at radius 2 is 2.25 bits per heavy atom. The molecule has 0 spiro atoms. The molecule has 0 aromatic carbocycles. The molecule has 1 N–H and O–H groups in total. The Bertz CT molecular complexity index is 328. The van der Waals surface area contributed by atoms with E-state index in [2.05, 4.69) is 37.4 Å². The summed E-state index contributed by atoms with van der Waals surface area (Å²) >= 11 is 0. The van der Waals surface area contributed by atoms with Gasteiger partial charge in [0.1, 0.15) is 0 Å². The van der Waals surface area contributed by atoms with Crippen LogP contribution < -0.4 is 5.32 Å². The molecule has 0 radical (unpaired) electrons. The smallest absolute Gasteiger partial charge is 0.0537 e. The van der Waals surface area contributed by atoms with E-state index in [1.54, 1.807) is 0 Å². The zero-order valence-corrected chi connectivity index (χ0v) is 10.6. The third-order valence-electron chi connectivity index (χ3n) is 3.58. The first-order valence-corrected chi connectivity index (χ1v) is 6.53. The van der Waals surface area contributed by atoms with Crippen LogP contribution in [0.15, 0.2) is 12.4 Å². The van der Waals surface area contributed by atoms with Gasteiger partial charge in [-0.25, -0.2) is 0 Å². The summed E-state index contributed by atoms with van der Waals surface area (Å²) in [6.07, 6.45) is 8.11. The van der Waals surface area contributed by atoms with Crippen LogP contribution in [0.5, 0.6) is 0 Å². The second-order valence-electron chi connectivity index (χ2n) is 4.88. The van der Waals surface area contributed by atoms with Crippen molar-refractivity contribution in [2.75, 3.05) is 0 Å². The van der Waals surface area contributed by atoms with Gasteiger partial charge >= 0.3 is 0 Å². The van der Waals surface area contributed by atoms with Crippen molar-refractivity contribution in [3.8, 4) is 0 Å². The van der Waals surface area contributed by atoms with Gasteiger partial charge in [0.2, 0.25) is 0 Å². The SMILES string of the molecule is CCC(NC(C)C1CC1)c1cnn(CC)c1. The average molecular weight is 221 g/mol. The molecule has 16 heavy (non-hydrogen) atoms. The van der Waals surface area contributed by atoms with Gasteiger partial charge in [0.05, 0.1) is 6.20 Å². The largest absolute Gasteiger partial charge is 0.307 e. The minimum absolute atomic E-state index is 0.468. The summed E-state index contributed by atoms with van der Waals surface area (Å²) in [5, 5.41) is 8.08. The lowest BCUT2D eigenvalue weighted by atomic mass is 10.1. The van der Waals surface area contributed by atoms with Crippen LogP contribution in [0.25, 0.3) is 0 Å². The molecule has 0 saturated heterocycles. The molecule has 3 nitrogen and oxygen atoms in total. The monoisotopic (exact) mass is 221 g/mol. The molecule has 2 atom stereocenters. The highest BCUT2D eigenvalue weighted by atomic mass is 15.3. The van der Waals surface area contributed by atoms with Gasteiger partial charge in [-0.1, -0.05) is 6.92 Å². The molecule has 1 saturated carbocycles. The van der Waals surface area contributed by atoms with Gasteiger partial charge in [-0.3, -0.25) is 4.68 Å². The Morgan fingerprint density at radius 3 is 2.75 bits per heavy atom. The molecule has 1 fully saturated rings. The Kier molecular flexibility index (Phi) is 3.64. The van der Waals surface area contributed by atoms with Crippen LogP contribution in [0.4, 0.5) is 0 Å². The number of aryl methyl sites for hydroxylation is 1. The summed E-state index contributed by atoms with van der Waals surface area (Å²) in [5.74, 6) is 0.912. The predicted octanol–water partition coefficient (Wildman–Crippen LogP) is 2.74. The third-order valence-corrected chi connectivity index (χ3v) is 3.58. The van der Waals surface area contributed by atoms with Crippen LogP contribution in [0, 0.1) is 5.92 Å². The van der Waals surface area contributed by atoms with E-state index in [4.69, 9.17) is 0 Å². The average Bonchev–Trinajstić information content (AvgIpc) is 3.04. The summed E-state index contributed by atoms with van der Waals surface area (Å²) in [6, 6.07) is 1.12. The molecule has 3 heteroatoms. The van der Waals surface area contributed by atoms with Crippen LogP contribution in [-0.4, -0.2) is 15.8 Å². The minimum Gasteiger partial charge on any atom is -0.307 e. The van der Waals surface area contributed by atoms with Crippen molar-refractivity contribution in [3.63, 3.8) is 0 Å². The molecule has 1 aliphatic rings. The fourth-order valence-corrected chi connectivity index (χ4v) is 2.23. The maximum atomic E-state index is 4.35. The van der Waals surface area contributed by atoms with Crippen molar-refractivity contribution in [1.29, 1.82) is 0 Å². The first-order valence-electron chi connectivity index (χ1n) is 6.53. The molecule has 0 aliphatic heterocycles. The topological polar surface area (TPSA) is 29.9 Å². The van der Waals surface area contributed by atoms with Crippen molar-refractivity contribution >= 4 is 0 Å². The molecule has 2 rings (SSSR count). The van der Waals surface area contributed by atoms with Gasteiger partial charge in [-0.05, 0) is 39.0 Å². The van der Waals surface area contributed by atoms with Crippen molar-refractivity contribution < 1.29 is 0 Å². The zero-order chi connectivity index (χ0) is 11.5. The summed E-state index contributed by atoms with van der Waals surface area (Å²) in [5.41, 5.74) is 1.33. The van der Waals surface area contributed by atoms with Crippen LogP contribution in [0.2, 0.25) is 0 Å². The lowest BCUT2D eigenvalue weighted by Gasteiger charge is -2.21. The van der Waals surface area contributed by atoms with E-state index in [0.29, 0.717) is 12.1 Å². The molecule has 90 valence electrons. The minimum atomic E-state index is 0.468. The Morgan fingerprint density at radius 1 is 1.50 bits per heavy atom. The second-order valence-corrected chi connectivity index (χ2v) is 4.88. The fraction of sp³-hybridized carbons (Fsp3) is 0.769. The van der Waals surface area contributed by atoms with Gasteiger partial charge in [-0.2, -0.15) is 5.10 Å². The predicted molar refractivity (Wildman–Crippen MR) is 66.3 cm³/mol. The molecular formula is C13H23N3. The molecule has 1 aromatic heterocycles. The fourth-order valence-electron chi connectivity index (χ4n) is 2.23. The molecule has 1 heterocycles. The summed E-state index contributed by atoms with van der Waals surface area (Å²) in [7, 11) is 0. The molecule has 0 bridgehead atoms. The van der Waals surface area contributed by atoms with E-state index in [-0.39, 0.29) is 0 Å². The highest BCUT2D eigenvalue weighted by Gasteiger charge is 2.29. The Balaban J connectivity index is 1.97. The highest BCUT2D eigenvalue weighted by molar-refractivity contribution is 5.10. The molecular weight excluding hydrogens is 198 g/mol. The Hall–Kier alpha value is -0.830. The quantitative estimate of drug-likeness (QED) is 0.800. The third kappa shape index (κ3) is 2.64. The van der Waals surface area contributed by atoms with Gasteiger partial charge in [0.15, 0.2) is 0 Å². The number of hydrogen-bond donors (Lipinski definition) is 1. The zero-order valence-electron chi connectivity index (χ0n) is 10.6. The molecule has 1 aromatic rings. The summed E-state index contributed by atoms with van der Waals surface area (Å²) in [4.78, 5) is 0. The first-order chi connectivity index (χ1) is 7.74. The molecule has 1 aliphatic carbocycles. The van der Waals surface area contributed by atoms with E-state index >= 15 is 0 Å². The number of nitrogens with zero attached hydrogens (tertiary/aromatic N) is 2. The van der Waals surface area contributed by atoms with Crippen molar-refractivity contribution in [2.24, 2.45) is 5.92 Å². The number of nitrogens with one attached hydrogen (secondary N) is 1. The van der Waals surface area contributed by atoms with Crippen molar-refractivity contribution in [3.05, 3.63) is 18.0 Å². The van der Waals surface area contributed by atoms with E-state index in [1.807, 2.05) is 10.9 Å². The second kappa shape index (κ2) is 5.00. The van der Waals surface area contributed by atoms with Gasteiger partial charge in [0.25, 0.3) is 0 Å². The lowest BCUT2D eigenvalue weighted by molar-refractivity contribution is 0.414. The van der Waals surface area contributed by atoms with E-state index in [1.165, 1.54) is 18.4 Å². The van der Waals surface area contributed by atoms with Gasteiger partial charge in [-0.15, -0.1) is 0 Å². The number of hydrogen-bond acceptors (Lipinski definition) is 2. The van der Waals surface area contributed by atoms with Gasteiger partial charge < -0.3 is 5.32 Å². The van der Waals surface area contributed by atoms with E-state index < -0.39 is 0 Å². The summed E-state index contributed by atoms with van der Waals surface area (Å²) in [6.45, 7) is 7.62. The van der Waals surface area contributed by atoms with Crippen LogP contribution >= 0.6 is 0 Å². The summed E-state index contributed by atoms with van der Waals surface area (Å²) < 4.78 is 2.00.